The van der Waals surface area contributed by atoms with Gasteiger partial charge in [-0.25, -0.2) is 0 Å². The number of thioether (sulfide) groups is 12. The zero-order valence-corrected chi connectivity index (χ0v) is 59.8. The second-order valence-electron chi connectivity index (χ2n) is 13.5. The van der Waals surface area contributed by atoms with Crippen LogP contribution in [0.3, 0.4) is 0 Å². The summed E-state index contributed by atoms with van der Waals surface area (Å²) in [7, 11) is 0. The van der Waals surface area contributed by atoms with Crippen LogP contribution in [0.15, 0.2) is 0 Å². The van der Waals surface area contributed by atoms with Gasteiger partial charge in [0.1, 0.15) is 0 Å². The molecule has 0 aromatic rings. The Morgan fingerprint density at radius 2 is 0.515 bits per heavy atom. The van der Waals surface area contributed by atoms with Crippen molar-refractivity contribution in [3.05, 3.63) is 0 Å². The van der Waals surface area contributed by atoms with Crippen molar-refractivity contribution in [2.45, 2.75) is 43.7 Å². The Morgan fingerprint density at radius 1 is 0.265 bits per heavy atom. The van der Waals surface area contributed by atoms with Crippen LogP contribution in [0.25, 0.3) is 0 Å². The molecule has 0 aliphatic rings. The van der Waals surface area contributed by atoms with Crippen molar-refractivity contribution in [3.8, 4) is 0 Å². The lowest BCUT2D eigenvalue weighted by atomic mass is 10.5. The fourth-order valence-electron chi connectivity index (χ4n) is 4.23. The summed E-state index contributed by atoms with van der Waals surface area (Å²) in [4.78, 5) is 0. The van der Waals surface area contributed by atoms with Gasteiger partial charge in [0.2, 0.25) is 0 Å². The van der Waals surface area contributed by atoms with Crippen LogP contribution in [-0.2, 0) is 0 Å². The third-order valence-electron chi connectivity index (χ3n) is 7.40. The van der Waals surface area contributed by atoms with Crippen LogP contribution in [0.2, 0.25) is 0 Å². The minimum atomic E-state index is -0.381. The van der Waals surface area contributed by atoms with Gasteiger partial charge in [-0.3, -0.25) is 0 Å². The first-order valence-corrected chi connectivity index (χ1v) is 42.9. The molecule has 0 aromatic carbocycles. The molecule has 0 heterocycles. The predicted octanol–water partition coefficient (Wildman–Crippen LogP) is 10.8. The number of aliphatic hydroxyl groups excluding tert-OH is 4. The van der Waals surface area contributed by atoms with Crippen molar-refractivity contribution in [2.24, 2.45) is 0 Å². The Hall–Kier alpha value is 8.24. The topological polar surface area (TPSA) is 80.9 Å². The van der Waals surface area contributed by atoms with Gasteiger partial charge in [0.25, 0.3) is 0 Å². The van der Waals surface area contributed by atoms with Crippen molar-refractivity contribution in [3.63, 3.8) is 0 Å². The van der Waals surface area contributed by atoms with E-state index in [2.05, 4.69) is 152 Å². The molecule has 8 atom stereocenters. The van der Waals surface area contributed by atoms with Gasteiger partial charge < -0.3 is 20.4 Å². The van der Waals surface area contributed by atoms with Crippen LogP contribution < -0.4 is 0 Å². The molecule has 0 radical (unpaired) electrons. The summed E-state index contributed by atoms with van der Waals surface area (Å²) in [6.45, 7) is 0.288. The highest BCUT2D eigenvalue weighted by Crippen LogP contribution is 2.27. The van der Waals surface area contributed by atoms with Crippen molar-refractivity contribution in [1.29, 1.82) is 0 Å². The Bertz CT molecular complexity index is 863. The van der Waals surface area contributed by atoms with E-state index in [4.69, 9.17) is 10.2 Å². The van der Waals surface area contributed by atoms with Gasteiger partial charge in [-0.1, -0.05) is 0 Å². The van der Waals surface area contributed by atoms with E-state index >= 15 is 0 Å². The summed E-state index contributed by atoms with van der Waals surface area (Å²) in [6, 6.07) is 0. The average molecular weight is 1400 g/mol. The molecule has 8 unspecified atom stereocenters. The van der Waals surface area contributed by atoms with Crippen molar-refractivity contribution in [2.75, 3.05) is 186 Å². The van der Waals surface area contributed by atoms with Gasteiger partial charge in [0.15, 0.2) is 0 Å². The lowest BCUT2D eigenvalue weighted by Crippen LogP contribution is -2.19. The number of rotatable bonds is 48. The number of thiol groups is 12. The van der Waals surface area contributed by atoms with Crippen LogP contribution in [0.4, 0.5) is 0 Å². The van der Waals surface area contributed by atoms with Gasteiger partial charge in [-0.15, -0.1) is 0 Å². The van der Waals surface area contributed by atoms with E-state index in [-0.39, 0.29) is 25.4 Å². The second-order valence-corrected chi connectivity index (χ2v) is 33.4. The van der Waals surface area contributed by atoms with Crippen LogP contribution in [0, 0.1) is 0 Å². The molecule has 0 aliphatic heterocycles. The molecule has 0 aromatic heterocycles. The second kappa shape index (κ2) is 71.3. The Balaban J connectivity index is -0.000000402. The summed E-state index contributed by atoms with van der Waals surface area (Å²) in [5, 5.41) is 40.1. The van der Waals surface area contributed by atoms with Crippen molar-refractivity contribution >= 4 is 293 Å². The summed E-state index contributed by atoms with van der Waals surface area (Å²) in [5.41, 5.74) is 0. The largest absolute Gasteiger partial charge is 0.396 e. The Labute approximate surface area is 535 Å². The number of hydrogen-bond acceptors (Lipinski definition) is 28. The molecule has 68 heavy (non-hydrogen) atoms. The predicted molar refractivity (Wildman–Crippen MR) is 394 cm³/mol. The highest BCUT2D eigenvalue weighted by molar-refractivity contribution is 8.08. The maximum absolute atomic E-state index is 9.56. The lowest BCUT2D eigenvalue weighted by molar-refractivity contribution is 0.220. The lowest BCUT2D eigenvalue weighted by Gasteiger charge is -2.20. The molecule has 28 heteroatoms. The van der Waals surface area contributed by atoms with Gasteiger partial charge in [0, 0.05) is 170 Å². The minimum Gasteiger partial charge on any atom is -0.396 e. The monoisotopic (exact) mass is 1400 g/mol. The maximum atomic E-state index is 9.56. The average Bonchev–Trinajstić information content (AvgIpc) is 3.35. The van der Waals surface area contributed by atoms with Gasteiger partial charge in [-0.2, -0.15) is 293 Å². The molecule has 4 nitrogen and oxygen atoms in total. The summed E-state index contributed by atoms with van der Waals surface area (Å²) in [5.74, 6) is 29.1. The molecule has 0 bridgehead atoms. The van der Waals surface area contributed by atoms with E-state index in [0.717, 1.165) is 104 Å². The molecule has 0 fully saturated rings. The fourth-order valence-corrected chi connectivity index (χ4v) is 22.4. The fraction of sp³-hybridized carbons (Fsp3) is 1.00. The minimum absolute atomic E-state index is 0.144. The van der Waals surface area contributed by atoms with Crippen molar-refractivity contribution < 1.29 is 20.4 Å². The molecule has 0 spiro atoms. The van der Waals surface area contributed by atoms with Crippen LogP contribution >= 0.6 is 293 Å². The third kappa shape index (κ3) is 65.1. The smallest absolute Gasteiger partial charge is 0.0720 e. The molecular weight excluding hydrogens is 1310 g/mol. The first-order valence-electron chi connectivity index (χ1n) is 22.1. The van der Waals surface area contributed by atoms with E-state index in [1.54, 1.807) is 0 Å². The molecule has 0 rings (SSSR count). The van der Waals surface area contributed by atoms with Gasteiger partial charge >= 0.3 is 0 Å². The third-order valence-corrected chi connectivity index (χ3v) is 30.6. The quantitative estimate of drug-likeness (QED) is 0.0211. The molecule has 0 amide bonds. The highest BCUT2D eigenvalue weighted by Gasteiger charge is 2.16. The van der Waals surface area contributed by atoms with Crippen LogP contribution in [-0.4, -0.2) is 250 Å². The van der Waals surface area contributed by atoms with Crippen LogP contribution in [0.5, 0.6) is 0 Å². The zero-order valence-electron chi connectivity index (χ0n) is 39.3. The molecular formula is C40H88O4S24. The molecule has 0 aliphatic carbocycles. The van der Waals surface area contributed by atoms with Crippen molar-refractivity contribution in [1.82, 2.24) is 0 Å². The normalized spacial score (nSPS) is 14.8. The summed E-state index contributed by atoms with van der Waals surface area (Å²) >= 11 is 74.5. The summed E-state index contributed by atoms with van der Waals surface area (Å²) in [6.07, 6.45) is -0.761. The number of aliphatic hydroxyl groups is 4. The van der Waals surface area contributed by atoms with E-state index in [1.165, 1.54) is 69.8 Å². The van der Waals surface area contributed by atoms with Crippen LogP contribution in [0.1, 0.15) is 0 Å². The molecule has 416 valence electrons. The van der Waals surface area contributed by atoms with Gasteiger partial charge in [0.05, 0.1) is 25.4 Å². The Kier molecular flexibility index (Phi) is 86.8. The van der Waals surface area contributed by atoms with E-state index in [0.29, 0.717) is 66.0 Å². The van der Waals surface area contributed by atoms with Gasteiger partial charge in [-0.05, 0) is 34.5 Å². The highest BCUT2D eigenvalue weighted by atomic mass is 32.2. The van der Waals surface area contributed by atoms with E-state index in [1.807, 2.05) is 106 Å². The molecule has 0 saturated heterocycles. The summed E-state index contributed by atoms with van der Waals surface area (Å²) < 4.78 is 0. The molecule has 0 saturated carbocycles. The number of hydrogen-bond donors (Lipinski definition) is 16. The van der Waals surface area contributed by atoms with E-state index < -0.39 is 0 Å². The molecule has 4 N–H and O–H groups in total. The standard InChI is InChI=1S/C10H22O4S3.3C10H22S7/c11-1-3-15-5-9(13)7-17-8-10(14)6-16-4-2-12;11-1-3-16-9(5-13)7-15-8-10(6-14)17-4-2-12;11-1-3-15-7-9(5-13)17-8-10(6-14)16-4-2-12;11-1-3-15-7-9(5-13)17-10(6-14)8-16-4-2-12/h4*9-14H,1-8H2. The van der Waals surface area contributed by atoms with E-state index in [9.17, 15) is 10.2 Å². The maximum Gasteiger partial charge on any atom is 0.0720 e. The Morgan fingerprint density at radius 3 is 0.824 bits per heavy atom. The first kappa shape index (κ1) is 82.7. The first-order chi connectivity index (χ1) is 33.0. The SMILES string of the molecule is OCCSCC(O)CSCC(O)CSCCO.SCCSC(CS)CSCC(CS)SCCS.SCCSCC(CS)SC(CS)CSCCS.SCCSCC(CS)SCC(CS)SCCS. The zero-order chi connectivity index (χ0) is 51.7.